The number of amidine groups is 1. The van der Waals surface area contributed by atoms with Crippen LogP contribution in [0.15, 0.2) is 59.9 Å². The number of amides is 1. The smallest absolute Gasteiger partial charge is 0.265 e. The minimum Gasteiger partial charge on any atom is -0.481 e. The molecule has 3 N–H and O–H groups in total. The van der Waals surface area contributed by atoms with E-state index >= 15 is 0 Å². The largest absolute Gasteiger partial charge is 0.481 e. The van der Waals surface area contributed by atoms with Gasteiger partial charge in [0.2, 0.25) is 0 Å². The van der Waals surface area contributed by atoms with Gasteiger partial charge in [-0.05, 0) is 73.0 Å². The van der Waals surface area contributed by atoms with Crippen molar-refractivity contribution in [1.29, 1.82) is 0 Å². The molecule has 1 saturated heterocycles. The summed E-state index contributed by atoms with van der Waals surface area (Å²) in [4.78, 5) is 24.5. The van der Waals surface area contributed by atoms with Gasteiger partial charge in [0, 0.05) is 35.9 Å². The number of carbonyl (C=O) groups excluding carboxylic acids is 1. The molecule has 1 fully saturated rings. The molecule has 1 aromatic heterocycles. The Balaban J connectivity index is 1.47. The van der Waals surface area contributed by atoms with Gasteiger partial charge >= 0.3 is 0 Å². The second kappa shape index (κ2) is 11.1. The van der Waals surface area contributed by atoms with Gasteiger partial charge in [-0.2, -0.15) is 0 Å². The number of piperidine rings is 1. The highest BCUT2D eigenvalue weighted by Gasteiger charge is 2.23. The number of nitrogen functional groups attached to an aromatic ring is 1. The zero-order valence-corrected chi connectivity index (χ0v) is 20.5. The molecule has 0 radical (unpaired) electrons. The lowest BCUT2D eigenvalue weighted by molar-refractivity contribution is -0.123. The van der Waals surface area contributed by atoms with Crippen LogP contribution in [0.5, 0.6) is 5.75 Å². The Morgan fingerprint density at radius 2 is 1.97 bits per heavy atom. The molecule has 1 unspecified atom stereocenters. The summed E-state index contributed by atoms with van der Waals surface area (Å²) in [6.07, 6.45) is 4.70. The van der Waals surface area contributed by atoms with Crippen LogP contribution in [0.1, 0.15) is 39.5 Å². The minimum absolute atomic E-state index is 0.190. The maximum absolute atomic E-state index is 13.2. The Bertz CT molecular complexity index is 1190. The Morgan fingerprint density at radius 1 is 1.17 bits per heavy atom. The molecule has 8 nitrogen and oxygen atoms in total. The fraction of sp³-hybridized carbons (Fsp3) is 0.370. The summed E-state index contributed by atoms with van der Waals surface area (Å²) >= 11 is 0. The first kappa shape index (κ1) is 24.3. The summed E-state index contributed by atoms with van der Waals surface area (Å²) in [5.74, 6) is 2.03. The van der Waals surface area contributed by atoms with Crippen molar-refractivity contribution in [1.82, 2.24) is 4.98 Å². The Hall–Kier alpha value is -3.81. The van der Waals surface area contributed by atoms with Crippen LogP contribution >= 0.6 is 0 Å². The normalized spacial score (nSPS) is 15.9. The van der Waals surface area contributed by atoms with E-state index in [4.69, 9.17) is 15.3 Å². The van der Waals surface area contributed by atoms with E-state index in [1.54, 1.807) is 13.3 Å². The summed E-state index contributed by atoms with van der Waals surface area (Å²) in [7, 11) is 1.57. The molecule has 0 spiro atoms. The molecule has 1 amide bonds. The number of benzene rings is 2. The van der Waals surface area contributed by atoms with E-state index in [-0.39, 0.29) is 11.8 Å². The number of ether oxygens (including phenoxy) is 1. The molecule has 0 aliphatic carbocycles. The molecule has 3 aromatic rings. The van der Waals surface area contributed by atoms with Crippen molar-refractivity contribution in [3.8, 4) is 5.75 Å². The summed E-state index contributed by atoms with van der Waals surface area (Å²) in [5, 5.41) is 8.96. The molecule has 2 aromatic carbocycles. The van der Waals surface area contributed by atoms with Gasteiger partial charge in [0.25, 0.3) is 5.91 Å². The number of rotatable bonds is 8. The van der Waals surface area contributed by atoms with Crippen LogP contribution in [-0.2, 0) is 9.63 Å². The molecular formula is C27H33N5O3. The molecule has 35 heavy (non-hydrogen) atoms. The average Bonchev–Trinajstić information content (AvgIpc) is 2.85. The first-order chi connectivity index (χ1) is 16.9. The number of hydrogen-bond acceptors (Lipinski definition) is 6. The van der Waals surface area contributed by atoms with Crippen LogP contribution < -0.4 is 20.7 Å². The zero-order chi connectivity index (χ0) is 24.8. The van der Waals surface area contributed by atoms with Crippen LogP contribution in [0.4, 0.5) is 17.2 Å². The Labute approximate surface area is 206 Å². The molecule has 1 aliphatic rings. The number of carbonyl (C=O) groups is 1. The lowest BCUT2D eigenvalue weighted by Gasteiger charge is -2.29. The van der Waals surface area contributed by atoms with Gasteiger partial charge in [-0.1, -0.05) is 25.1 Å². The molecule has 0 saturated carbocycles. The first-order valence-electron chi connectivity index (χ1n) is 12.0. The monoisotopic (exact) mass is 475 g/mol. The van der Waals surface area contributed by atoms with Crippen molar-refractivity contribution in [3.05, 3.63) is 54.7 Å². The maximum atomic E-state index is 13.2. The topological polar surface area (TPSA) is 102 Å². The fourth-order valence-corrected chi connectivity index (χ4v) is 4.29. The summed E-state index contributed by atoms with van der Waals surface area (Å²) < 4.78 is 6.15. The van der Waals surface area contributed by atoms with Crippen LogP contribution in [-0.4, -0.2) is 36.5 Å². The van der Waals surface area contributed by atoms with Crippen molar-refractivity contribution in [2.75, 3.05) is 29.6 Å². The molecule has 4 rings (SSSR count). The number of nitrogens with zero attached hydrogens (tertiary/aromatic N) is 3. The predicted molar refractivity (Wildman–Crippen MR) is 141 cm³/mol. The quantitative estimate of drug-likeness (QED) is 0.434. The number of fused-ring (bicyclic) bond motifs is 1. The second-order valence-electron chi connectivity index (χ2n) is 9.15. The Morgan fingerprint density at radius 3 is 2.71 bits per heavy atom. The van der Waals surface area contributed by atoms with Crippen molar-refractivity contribution in [3.63, 3.8) is 0 Å². The van der Waals surface area contributed by atoms with Gasteiger partial charge in [0.05, 0.1) is 0 Å². The highest BCUT2D eigenvalue weighted by Crippen LogP contribution is 2.27. The number of oxime groups is 1. The van der Waals surface area contributed by atoms with Crippen LogP contribution in [0.25, 0.3) is 10.8 Å². The van der Waals surface area contributed by atoms with E-state index < -0.39 is 6.10 Å². The third-order valence-corrected chi connectivity index (χ3v) is 6.01. The van der Waals surface area contributed by atoms with Gasteiger partial charge < -0.3 is 25.5 Å². The molecule has 1 atom stereocenters. The predicted octanol–water partition coefficient (Wildman–Crippen LogP) is 5.20. The SMILES string of the molecule is CO/N=C1/CCCCN1c1ccc(NC(=O)C(CC(C)C)Oc2ccc3ccnc(N)c3c2)cc1. The standard InChI is InChI=1S/C27H33N5O3/c1-18(2)16-24(35-22-12-7-19-13-14-29-26(28)23(19)17-22)27(33)30-20-8-10-21(11-9-20)32-15-5-4-6-25(32)31-34-3/h7-14,17-18,24H,4-6,15-16H2,1-3H3,(H2,28,29)(H,30,33)/b31-25-. The van der Waals surface area contributed by atoms with Gasteiger partial charge in [0.15, 0.2) is 6.10 Å². The van der Waals surface area contributed by atoms with Crippen molar-refractivity contribution >= 4 is 39.7 Å². The summed E-state index contributed by atoms with van der Waals surface area (Å²) in [5.41, 5.74) is 7.76. The van der Waals surface area contributed by atoms with Crippen molar-refractivity contribution in [2.45, 2.75) is 45.6 Å². The van der Waals surface area contributed by atoms with E-state index in [2.05, 4.69) is 34.2 Å². The number of hydrogen-bond donors (Lipinski definition) is 2. The molecule has 0 bridgehead atoms. The lowest BCUT2D eigenvalue weighted by Crippen LogP contribution is -2.35. The van der Waals surface area contributed by atoms with Crippen LogP contribution in [0, 0.1) is 5.92 Å². The van der Waals surface area contributed by atoms with Crippen LogP contribution in [0.2, 0.25) is 0 Å². The van der Waals surface area contributed by atoms with Gasteiger partial charge in [0.1, 0.15) is 24.5 Å². The second-order valence-corrected chi connectivity index (χ2v) is 9.15. The van der Waals surface area contributed by atoms with Gasteiger partial charge in [-0.15, -0.1) is 0 Å². The summed E-state index contributed by atoms with van der Waals surface area (Å²) in [6, 6.07) is 15.3. The van der Waals surface area contributed by atoms with E-state index in [0.717, 1.165) is 48.1 Å². The number of pyridine rings is 1. The number of anilines is 3. The highest BCUT2D eigenvalue weighted by atomic mass is 16.6. The van der Waals surface area contributed by atoms with E-state index in [9.17, 15) is 4.79 Å². The number of nitrogens with one attached hydrogen (secondary N) is 1. The number of nitrogens with two attached hydrogens (primary N) is 1. The first-order valence-corrected chi connectivity index (χ1v) is 12.0. The average molecular weight is 476 g/mol. The molecule has 2 heterocycles. The van der Waals surface area contributed by atoms with Crippen LogP contribution in [0.3, 0.4) is 0 Å². The summed E-state index contributed by atoms with van der Waals surface area (Å²) in [6.45, 7) is 5.03. The van der Waals surface area contributed by atoms with Gasteiger partial charge in [-0.3, -0.25) is 4.79 Å². The number of aromatic nitrogens is 1. The third kappa shape index (κ3) is 6.01. The van der Waals surface area contributed by atoms with Gasteiger partial charge in [-0.25, -0.2) is 4.98 Å². The van der Waals surface area contributed by atoms with E-state index in [1.807, 2.05) is 48.5 Å². The third-order valence-electron chi connectivity index (χ3n) is 6.01. The Kier molecular flexibility index (Phi) is 7.70. The molecule has 1 aliphatic heterocycles. The van der Waals surface area contributed by atoms with E-state index in [1.165, 1.54) is 0 Å². The van der Waals surface area contributed by atoms with Crippen molar-refractivity contribution in [2.24, 2.45) is 11.1 Å². The lowest BCUT2D eigenvalue weighted by atomic mass is 10.0. The molecule has 8 heteroatoms. The zero-order valence-electron chi connectivity index (χ0n) is 20.5. The minimum atomic E-state index is -0.646. The molecule has 184 valence electrons. The molecular weight excluding hydrogens is 442 g/mol. The highest BCUT2D eigenvalue weighted by molar-refractivity contribution is 5.99. The van der Waals surface area contributed by atoms with E-state index in [0.29, 0.717) is 23.7 Å². The van der Waals surface area contributed by atoms with Crippen molar-refractivity contribution < 1.29 is 14.4 Å². The fourth-order valence-electron chi connectivity index (χ4n) is 4.29. The maximum Gasteiger partial charge on any atom is 0.265 e.